The lowest BCUT2D eigenvalue weighted by atomic mass is 10.0. The van der Waals surface area contributed by atoms with Crippen LogP contribution in [0.1, 0.15) is 44.0 Å². The molecule has 1 aliphatic heterocycles. The molecule has 2 rings (SSSR count). The molecule has 1 aliphatic rings. The van der Waals surface area contributed by atoms with Gasteiger partial charge in [0.15, 0.2) is 5.16 Å². The number of nitrogens with zero attached hydrogens (tertiary/aromatic N) is 2. The third-order valence-corrected chi connectivity index (χ3v) is 4.33. The maximum Gasteiger partial charge on any atom is 0.267 e. The molecule has 1 atom stereocenters. The molecule has 0 aliphatic carbocycles. The molecular formula is C14H21N3O2S. The summed E-state index contributed by atoms with van der Waals surface area (Å²) in [4.78, 5) is 28.5. The van der Waals surface area contributed by atoms with Crippen LogP contribution in [0.25, 0.3) is 0 Å². The minimum Gasteiger partial charge on any atom is -0.349 e. The van der Waals surface area contributed by atoms with Crippen LogP contribution in [-0.4, -0.2) is 27.3 Å². The number of carbonyl (C=O) groups is 1. The number of carbonyl (C=O) groups excluding carboxylic acids is 1. The Bertz CT molecular complexity index is 554. The fraction of sp³-hybridized carbons (Fsp3) is 0.643. The van der Waals surface area contributed by atoms with Crippen LogP contribution < -0.4 is 10.9 Å². The first-order valence-corrected chi connectivity index (χ1v) is 8.01. The smallest absolute Gasteiger partial charge is 0.267 e. The number of thioether (sulfide) groups is 1. The van der Waals surface area contributed by atoms with Gasteiger partial charge in [-0.1, -0.05) is 25.6 Å². The summed E-state index contributed by atoms with van der Waals surface area (Å²) in [5.41, 5.74) is -0.0822. The zero-order valence-corrected chi connectivity index (χ0v) is 13.0. The summed E-state index contributed by atoms with van der Waals surface area (Å²) in [6.07, 6.45) is 3.37. The summed E-state index contributed by atoms with van der Waals surface area (Å²) < 4.78 is 1.58. The Morgan fingerprint density at radius 1 is 1.45 bits per heavy atom. The van der Waals surface area contributed by atoms with E-state index in [0.29, 0.717) is 17.6 Å². The van der Waals surface area contributed by atoms with Crippen molar-refractivity contribution in [1.82, 2.24) is 14.9 Å². The first-order chi connectivity index (χ1) is 9.49. The average molecular weight is 295 g/mol. The predicted octanol–water partition coefficient (Wildman–Crippen LogP) is 1.90. The van der Waals surface area contributed by atoms with Crippen LogP contribution in [0.5, 0.6) is 0 Å². The van der Waals surface area contributed by atoms with Crippen molar-refractivity contribution in [1.29, 1.82) is 0 Å². The highest BCUT2D eigenvalue weighted by atomic mass is 32.2. The van der Waals surface area contributed by atoms with Gasteiger partial charge in [-0.2, -0.15) is 0 Å². The van der Waals surface area contributed by atoms with Crippen LogP contribution in [0, 0.1) is 5.92 Å². The highest BCUT2D eigenvalue weighted by Gasteiger charge is 2.20. The maximum atomic E-state index is 12.2. The minimum atomic E-state index is -0.314. The molecule has 5 nitrogen and oxygen atoms in total. The first-order valence-electron chi connectivity index (χ1n) is 7.02. The van der Waals surface area contributed by atoms with E-state index in [9.17, 15) is 9.59 Å². The molecule has 0 saturated carbocycles. The Morgan fingerprint density at radius 2 is 2.20 bits per heavy atom. The maximum absolute atomic E-state index is 12.2. The van der Waals surface area contributed by atoms with Gasteiger partial charge in [0.25, 0.3) is 11.5 Å². The first kappa shape index (κ1) is 15.1. The van der Waals surface area contributed by atoms with E-state index in [0.717, 1.165) is 18.6 Å². The zero-order valence-electron chi connectivity index (χ0n) is 12.2. The Morgan fingerprint density at radius 3 is 2.90 bits per heavy atom. The Hall–Kier alpha value is -1.30. The molecule has 0 bridgehead atoms. The van der Waals surface area contributed by atoms with Crippen molar-refractivity contribution in [2.45, 2.75) is 51.4 Å². The largest absolute Gasteiger partial charge is 0.349 e. The SMILES string of the molecule is CC(C)CCC(C)NC(=O)c1cnc2n(c1=O)CCS2. The lowest BCUT2D eigenvalue weighted by Crippen LogP contribution is -2.38. The van der Waals surface area contributed by atoms with Crippen molar-refractivity contribution in [3.63, 3.8) is 0 Å². The fourth-order valence-corrected chi connectivity index (χ4v) is 3.04. The zero-order chi connectivity index (χ0) is 14.7. The van der Waals surface area contributed by atoms with Gasteiger partial charge in [0, 0.05) is 24.5 Å². The topological polar surface area (TPSA) is 64.0 Å². The quantitative estimate of drug-likeness (QED) is 0.843. The molecule has 1 unspecified atom stereocenters. The van der Waals surface area contributed by atoms with Crippen molar-refractivity contribution < 1.29 is 4.79 Å². The predicted molar refractivity (Wildman–Crippen MR) is 80.2 cm³/mol. The molecule has 1 aromatic heterocycles. The molecule has 0 aromatic carbocycles. The second kappa shape index (κ2) is 6.43. The van der Waals surface area contributed by atoms with E-state index in [4.69, 9.17) is 0 Å². The normalized spacial score (nSPS) is 15.2. The summed E-state index contributed by atoms with van der Waals surface area (Å²) in [6, 6.07) is 0.0666. The van der Waals surface area contributed by atoms with Gasteiger partial charge in [-0.05, 0) is 25.7 Å². The van der Waals surface area contributed by atoms with E-state index in [1.54, 1.807) is 16.3 Å². The number of fused-ring (bicyclic) bond motifs is 1. The molecule has 0 spiro atoms. The fourth-order valence-electron chi connectivity index (χ4n) is 2.13. The van der Waals surface area contributed by atoms with Crippen LogP contribution >= 0.6 is 11.8 Å². The Labute approximate surface area is 123 Å². The van der Waals surface area contributed by atoms with Crippen molar-refractivity contribution >= 4 is 17.7 Å². The number of amides is 1. The minimum absolute atomic E-state index is 0.0666. The standard InChI is InChI=1S/C14H21N3O2S/c1-9(2)4-5-10(3)16-12(18)11-8-15-14-17(13(11)19)6-7-20-14/h8-10H,4-7H2,1-3H3,(H,16,18). The van der Waals surface area contributed by atoms with Crippen LogP contribution in [0.3, 0.4) is 0 Å². The Kier molecular flexibility index (Phi) is 4.86. The van der Waals surface area contributed by atoms with E-state index in [2.05, 4.69) is 24.1 Å². The molecule has 6 heteroatoms. The summed E-state index contributed by atoms with van der Waals surface area (Å²) >= 11 is 1.55. The van der Waals surface area contributed by atoms with Crippen molar-refractivity contribution in [2.24, 2.45) is 5.92 Å². The third kappa shape index (κ3) is 3.42. The highest BCUT2D eigenvalue weighted by molar-refractivity contribution is 7.99. The number of rotatable bonds is 5. The summed E-state index contributed by atoms with van der Waals surface area (Å²) in [5, 5.41) is 3.59. The second-order valence-corrected chi connectivity index (χ2v) is 6.67. The van der Waals surface area contributed by atoms with E-state index >= 15 is 0 Å². The number of hydrogen-bond acceptors (Lipinski definition) is 4. The van der Waals surface area contributed by atoms with E-state index < -0.39 is 0 Å². The number of nitrogens with one attached hydrogen (secondary N) is 1. The van der Waals surface area contributed by atoms with Gasteiger partial charge in [-0.25, -0.2) is 4.98 Å². The third-order valence-electron chi connectivity index (χ3n) is 3.36. The summed E-state index contributed by atoms with van der Waals surface area (Å²) in [7, 11) is 0. The lowest BCUT2D eigenvalue weighted by molar-refractivity contribution is 0.0934. The van der Waals surface area contributed by atoms with E-state index in [1.807, 2.05) is 6.92 Å². The molecule has 0 fully saturated rings. The summed E-state index contributed by atoms with van der Waals surface area (Å²) in [6.45, 7) is 6.91. The van der Waals surface area contributed by atoms with Crippen LogP contribution in [-0.2, 0) is 6.54 Å². The van der Waals surface area contributed by atoms with Crippen LogP contribution in [0.15, 0.2) is 16.1 Å². The van der Waals surface area contributed by atoms with Crippen molar-refractivity contribution in [3.05, 3.63) is 22.1 Å². The monoisotopic (exact) mass is 295 g/mol. The van der Waals surface area contributed by atoms with Gasteiger partial charge in [-0.15, -0.1) is 0 Å². The Balaban J connectivity index is 2.05. The molecular weight excluding hydrogens is 274 g/mol. The molecule has 1 N–H and O–H groups in total. The molecule has 0 saturated heterocycles. The molecule has 1 amide bonds. The molecule has 1 aromatic rings. The molecule has 20 heavy (non-hydrogen) atoms. The van der Waals surface area contributed by atoms with E-state index in [-0.39, 0.29) is 23.1 Å². The number of hydrogen-bond donors (Lipinski definition) is 1. The second-order valence-electron chi connectivity index (χ2n) is 5.61. The molecule has 0 radical (unpaired) electrons. The number of aromatic nitrogens is 2. The highest BCUT2D eigenvalue weighted by Crippen LogP contribution is 2.20. The van der Waals surface area contributed by atoms with Gasteiger partial charge >= 0.3 is 0 Å². The van der Waals surface area contributed by atoms with Gasteiger partial charge in [-0.3, -0.25) is 14.2 Å². The van der Waals surface area contributed by atoms with E-state index in [1.165, 1.54) is 6.20 Å². The summed E-state index contributed by atoms with van der Waals surface area (Å²) in [5.74, 6) is 1.14. The van der Waals surface area contributed by atoms with Gasteiger partial charge in [0.05, 0.1) is 0 Å². The molecule has 2 heterocycles. The van der Waals surface area contributed by atoms with Crippen molar-refractivity contribution in [3.8, 4) is 0 Å². The molecule has 110 valence electrons. The lowest BCUT2D eigenvalue weighted by Gasteiger charge is -2.15. The van der Waals surface area contributed by atoms with Gasteiger partial charge in [0.2, 0.25) is 0 Å². The van der Waals surface area contributed by atoms with Gasteiger partial charge < -0.3 is 5.32 Å². The van der Waals surface area contributed by atoms with Crippen molar-refractivity contribution in [2.75, 3.05) is 5.75 Å². The van der Waals surface area contributed by atoms with Crippen LogP contribution in [0.4, 0.5) is 0 Å². The average Bonchev–Trinajstić information content (AvgIpc) is 2.85. The van der Waals surface area contributed by atoms with Gasteiger partial charge in [0.1, 0.15) is 5.56 Å². The van der Waals surface area contributed by atoms with Crippen LogP contribution in [0.2, 0.25) is 0 Å².